The van der Waals surface area contributed by atoms with Crippen LogP contribution >= 0.6 is 11.8 Å². The maximum atomic E-state index is 12.3. The molecule has 0 atom stereocenters. The van der Waals surface area contributed by atoms with E-state index >= 15 is 0 Å². The Bertz CT molecular complexity index is 781. The molecule has 1 aromatic heterocycles. The summed E-state index contributed by atoms with van der Waals surface area (Å²) in [6, 6.07) is 7.54. The van der Waals surface area contributed by atoms with Gasteiger partial charge in [0.25, 0.3) is 10.0 Å². The first-order valence-corrected chi connectivity index (χ1v) is 10.4. The number of aromatic nitrogens is 2. The largest absolute Gasteiger partial charge is 0.325 e. The molecule has 0 aliphatic rings. The summed E-state index contributed by atoms with van der Waals surface area (Å²) in [5.41, 5.74) is 0.552. The number of unbranched alkanes of at least 4 members (excludes halogenated alkanes) is 1. The van der Waals surface area contributed by atoms with Gasteiger partial charge in [-0.1, -0.05) is 13.3 Å². The summed E-state index contributed by atoms with van der Waals surface area (Å²) < 4.78 is 26.8. The molecule has 1 amide bonds. The van der Waals surface area contributed by atoms with Crippen molar-refractivity contribution in [3.05, 3.63) is 42.7 Å². The summed E-state index contributed by atoms with van der Waals surface area (Å²) in [6.07, 6.45) is 5.08. The van der Waals surface area contributed by atoms with E-state index in [1.807, 2.05) is 0 Å². The normalized spacial score (nSPS) is 11.1. The third-order valence-corrected chi connectivity index (χ3v) is 5.50. The third-order valence-electron chi connectivity index (χ3n) is 3.12. The van der Waals surface area contributed by atoms with Crippen molar-refractivity contribution in [3.63, 3.8) is 0 Å². The highest BCUT2D eigenvalue weighted by Crippen LogP contribution is 2.16. The molecule has 0 spiro atoms. The van der Waals surface area contributed by atoms with Crippen LogP contribution in [0.1, 0.15) is 19.8 Å². The van der Waals surface area contributed by atoms with Gasteiger partial charge in [-0.25, -0.2) is 23.1 Å². The van der Waals surface area contributed by atoms with E-state index in [2.05, 4.69) is 26.9 Å². The van der Waals surface area contributed by atoms with Crippen LogP contribution in [0.3, 0.4) is 0 Å². The Kier molecular flexibility index (Phi) is 7.20. The Morgan fingerprint density at radius 2 is 1.84 bits per heavy atom. The summed E-state index contributed by atoms with van der Waals surface area (Å²) in [5.74, 6) is 1.23. The van der Waals surface area contributed by atoms with E-state index in [-0.39, 0.29) is 16.8 Å². The molecule has 2 aromatic rings. The van der Waals surface area contributed by atoms with E-state index in [0.717, 1.165) is 18.6 Å². The zero-order valence-electron chi connectivity index (χ0n) is 13.8. The molecule has 1 aromatic carbocycles. The van der Waals surface area contributed by atoms with Gasteiger partial charge in [0.05, 0.1) is 10.6 Å². The smallest absolute Gasteiger partial charge is 0.264 e. The van der Waals surface area contributed by atoms with Crippen LogP contribution in [0.15, 0.2) is 47.6 Å². The van der Waals surface area contributed by atoms with E-state index in [4.69, 9.17) is 0 Å². The van der Waals surface area contributed by atoms with Crippen molar-refractivity contribution in [2.24, 2.45) is 0 Å². The number of thioether (sulfide) groups is 1. The first-order chi connectivity index (χ1) is 12.0. The number of carbonyl (C=O) groups excluding carboxylic acids is 1. The standard InChI is InChI=1S/C16H20N4O3S2/c1-2-3-11-24-12-15(21)19-13-5-7-14(8-6-13)25(22,23)20-16-17-9-4-10-18-16/h4-10H,2-3,11-12H2,1H3,(H,19,21)(H,17,18,20). The van der Waals surface area contributed by atoms with Crippen LogP contribution in [-0.2, 0) is 14.8 Å². The molecule has 0 radical (unpaired) electrons. The van der Waals surface area contributed by atoms with Crippen molar-refractivity contribution in [3.8, 4) is 0 Å². The van der Waals surface area contributed by atoms with Crippen molar-refractivity contribution in [1.29, 1.82) is 0 Å². The van der Waals surface area contributed by atoms with Gasteiger partial charge in [-0.15, -0.1) is 0 Å². The highest BCUT2D eigenvalue weighted by molar-refractivity contribution is 7.99. The zero-order chi connectivity index (χ0) is 18.1. The van der Waals surface area contributed by atoms with Crippen molar-refractivity contribution < 1.29 is 13.2 Å². The van der Waals surface area contributed by atoms with Gasteiger partial charge in [0, 0.05) is 18.1 Å². The fraction of sp³-hybridized carbons (Fsp3) is 0.312. The van der Waals surface area contributed by atoms with Gasteiger partial charge in [0.15, 0.2) is 0 Å². The van der Waals surface area contributed by atoms with Crippen LogP contribution in [0.2, 0.25) is 0 Å². The predicted molar refractivity (Wildman–Crippen MR) is 100 cm³/mol. The number of anilines is 2. The number of benzene rings is 1. The summed E-state index contributed by atoms with van der Waals surface area (Å²) in [6.45, 7) is 2.11. The number of nitrogens with one attached hydrogen (secondary N) is 2. The summed E-state index contributed by atoms with van der Waals surface area (Å²) in [4.78, 5) is 19.5. The Morgan fingerprint density at radius 3 is 2.48 bits per heavy atom. The Labute approximate surface area is 151 Å². The molecule has 0 unspecified atom stereocenters. The van der Waals surface area contributed by atoms with Gasteiger partial charge in [-0.2, -0.15) is 11.8 Å². The lowest BCUT2D eigenvalue weighted by molar-refractivity contribution is -0.113. The van der Waals surface area contributed by atoms with E-state index in [1.54, 1.807) is 30.0 Å². The fourth-order valence-corrected chi connectivity index (χ4v) is 3.71. The lowest BCUT2D eigenvalue weighted by atomic mass is 10.3. The maximum Gasteiger partial charge on any atom is 0.264 e. The number of hydrogen-bond donors (Lipinski definition) is 2. The number of carbonyl (C=O) groups is 1. The molecule has 0 bridgehead atoms. The second-order valence-corrected chi connectivity index (χ2v) is 7.94. The Hall–Kier alpha value is -2.13. The van der Waals surface area contributed by atoms with Crippen LogP contribution < -0.4 is 10.0 Å². The molecule has 1 heterocycles. The molecule has 2 N–H and O–H groups in total. The lowest BCUT2D eigenvalue weighted by Crippen LogP contribution is -2.16. The second kappa shape index (κ2) is 9.38. The second-order valence-electron chi connectivity index (χ2n) is 5.16. The minimum absolute atomic E-state index is 0.00369. The third kappa shape index (κ3) is 6.35. The topological polar surface area (TPSA) is 101 Å². The Balaban J connectivity index is 1.93. The zero-order valence-corrected chi connectivity index (χ0v) is 15.4. The van der Waals surface area contributed by atoms with Crippen LogP contribution in [0.25, 0.3) is 0 Å². The van der Waals surface area contributed by atoms with E-state index in [0.29, 0.717) is 11.4 Å². The number of amides is 1. The molecule has 7 nitrogen and oxygen atoms in total. The average Bonchev–Trinajstić information content (AvgIpc) is 2.60. The first-order valence-electron chi connectivity index (χ1n) is 7.79. The van der Waals surface area contributed by atoms with Crippen molar-refractivity contribution in [2.75, 3.05) is 21.5 Å². The highest BCUT2D eigenvalue weighted by atomic mass is 32.2. The van der Waals surface area contributed by atoms with E-state index < -0.39 is 10.0 Å². The molecule has 0 aliphatic heterocycles. The number of nitrogens with zero attached hydrogens (tertiary/aromatic N) is 2. The average molecular weight is 380 g/mol. The van der Waals surface area contributed by atoms with Crippen LogP contribution in [-0.4, -0.2) is 35.8 Å². The van der Waals surface area contributed by atoms with Gasteiger partial charge in [-0.3, -0.25) is 4.79 Å². The SMILES string of the molecule is CCCCSCC(=O)Nc1ccc(S(=O)(=O)Nc2ncccn2)cc1. The predicted octanol–water partition coefficient (Wildman–Crippen LogP) is 2.75. The minimum atomic E-state index is -3.77. The molecule has 0 aliphatic carbocycles. The molecule has 25 heavy (non-hydrogen) atoms. The van der Waals surface area contributed by atoms with Crippen LogP contribution in [0, 0.1) is 0 Å². The fourth-order valence-electron chi connectivity index (χ4n) is 1.86. The Morgan fingerprint density at radius 1 is 1.16 bits per heavy atom. The molecule has 2 rings (SSSR count). The molecular formula is C16H20N4O3S2. The van der Waals surface area contributed by atoms with Gasteiger partial charge in [0.1, 0.15) is 0 Å². The minimum Gasteiger partial charge on any atom is -0.325 e. The van der Waals surface area contributed by atoms with Crippen molar-refractivity contribution >= 4 is 39.3 Å². The summed E-state index contributed by atoms with van der Waals surface area (Å²) >= 11 is 1.58. The van der Waals surface area contributed by atoms with Gasteiger partial charge >= 0.3 is 0 Å². The van der Waals surface area contributed by atoms with Gasteiger partial charge in [0.2, 0.25) is 11.9 Å². The number of hydrogen-bond acceptors (Lipinski definition) is 6. The summed E-state index contributed by atoms with van der Waals surface area (Å²) in [7, 11) is -3.77. The van der Waals surface area contributed by atoms with E-state index in [1.165, 1.54) is 24.5 Å². The molecule has 0 fully saturated rings. The lowest BCUT2D eigenvalue weighted by Gasteiger charge is -2.08. The van der Waals surface area contributed by atoms with Crippen LogP contribution in [0.5, 0.6) is 0 Å². The summed E-state index contributed by atoms with van der Waals surface area (Å²) in [5, 5.41) is 2.75. The molecule has 134 valence electrons. The quantitative estimate of drug-likeness (QED) is 0.649. The molecule has 0 saturated carbocycles. The van der Waals surface area contributed by atoms with Gasteiger partial charge in [-0.05, 0) is 42.5 Å². The van der Waals surface area contributed by atoms with Crippen molar-refractivity contribution in [1.82, 2.24) is 9.97 Å². The van der Waals surface area contributed by atoms with Crippen molar-refractivity contribution in [2.45, 2.75) is 24.7 Å². The molecular weight excluding hydrogens is 360 g/mol. The number of sulfonamides is 1. The highest BCUT2D eigenvalue weighted by Gasteiger charge is 2.15. The van der Waals surface area contributed by atoms with Gasteiger partial charge < -0.3 is 5.32 Å². The molecule has 9 heteroatoms. The number of rotatable bonds is 9. The van der Waals surface area contributed by atoms with E-state index in [9.17, 15) is 13.2 Å². The first kappa shape index (κ1) is 19.2. The van der Waals surface area contributed by atoms with Crippen LogP contribution in [0.4, 0.5) is 11.6 Å². The monoisotopic (exact) mass is 380 g/mol. The molecule has 0 saturated heterocycles. The maximum absolute atomic E-state index is 12.3.